The van der Waals surface area contributed by atoms with Gasteiger partial charge >= 0.3 is 0 Å². The third-order valence-electron chi connectivity index (χ3n) is 5.40. The van der Waals surface area contributed by atoms with E-state index < -0.39 is 0 Å². The molecule has 1 amide bonds. The second kappa shape index (κ2) is 11.1. The van der Waals surface area contributed by atoms with Crippen LogP contribution in [-0.4, -0.2) is 48.6 Å². The molecule has 1 unspecified atom stereocenters. The van der Waals surface area contributed by atoms with E-state index in [0.717, 1.165) is 51.1 Å². The van der Waals surface area contributed by atoms with Gasteiger partial charge in [0.05, 0.1) is 6.10 Å². The molecule has 0 bridgehead atoms. The van der Waals surface area contributed by atoms with Crippen LogP contribution in [0.4, 0.5) is 0 Å². The average molecular weight is 395 g/mol. The van der Waals surface area contributed by atoms with E-state index in [2.05, 4.69) is 49.2 Å². The molecule has 4 nitrogen and oxygen atoms in total. The number of nitrogens with zero attached hydrogens (tertiary/aromatic N) is 2. The Morgan fingerprint density at radius 2 is 1.79 bits per heavy atom. The maximum atomic E-state index is 13.2. The predicted octanol–water partition coefficient (Wildman–Crippen LogP) is 4.74. The summed E-state index contributed by atoms with van der Waals surface area (Å²) in [6.45, 7) is 6.12. The molecule has 0 aliphatic carbocycles. The van der Waals surface area contributed by atoms with E-state index in [0.29, 0.717) is 6.54 Å². The van der Waals surface area contributed by atoms with Crippen molar-refractivity contribution in [1.82, 2.24) is 9.80 Å². The van der Waals surface area contributed by atoms with Gasteiger partial charge in [-0.15, -0.1) is 0 Å². The first kappa shape index (κ1) is 21.5. The van der Waals surface area contributed by atoms with Gasteiger partial charge in [-0.3, -0.25) is 9.69 Å². The van der Waals surface area contributed by atoms with Crippen LogP contribution in [0.5, 0.6) is 0 Å². The second-order valence-corrected chi connectivity index (χ2v) is 8.10. The molecule has 0 N–H and O–H groups in total. The first-order valence-electron chi connectivity index (χ1n) is 10.9. The van der Waals surface area contributed by atoms with Gasteiger partial charge in [-0.1, -0.05) is 49.4 Å². The standard InChI is InChI=1S/C25H34N2O2/c1-3-15-27(20-24-14-7-8-16-29-24)25(28)23-13-9-12-22(17-23)19-26(2)18-21-10-5-4-6-11-21/h4-6,9-13,17,24H,3,7-8,14-16,18-20H2,1-2H3. The van der Waals surface area contributed by atoms with Crippen LogP contribution in [0.2, 0.25) is 0 Å². The zero-order chi connectivity index (χ0) is 20.5. The van der Waals surface area contributed by atoms with E-state index in [1.54, 1.807) is 0 Å². The smallest absolute Gasteiger partial charge is 0.253 e. The van der Waals surface area contributed by atoms with E-state index in [1.165, 1.54) is 17.5 Å². The van der Waals surface area contributed by atoms with E-state index >= 15 is 0 Å². The highest BCUT2D eigenvalue weighted by atomic mass is 16.5. The fourth-order valence-corrected chi connectivity index (χ4v) is 3.99. The SMILES string of the molecule is CCCN(CC1CCCCO1)C(=O)c1cccc(CN(C)Cc2ccccc2)c1. The molecule has 1 heterocycles. The summed E-state index contributed by atoms with van der Waals surface area (Å²) in [6.07, 6.45) is 4.52. The molecule has 1 aliphatic heterocycles. The lowest BCUT2D eigenvalue weighted by Crippen LogP contribution is -2.40. The van der Waals surface area contributed by atoms with Crippen LogP contribution in [0.25, 0.3) is 0 Å². The molecule has 1 atom stereocenters. The average Bonchev–Trinajstić information content (AvgIpc) is 2.74. The molecular weight excluding hydrogens is 360 g/mol. The van der Waals surface area contributed by atoms with Crippen LogP contribution < -0.4 is 0 Å². The predicted molar refractivity (Wildman–Crippen MR) is 118 cm³/mol. The van der Waals surface area contributed by atoms with Crippen molar-refractivity contribution >= 4 is 5.91 Å². The van der Waals surface area contributed by atoms with E-state index in [1.807, 2.05) is 29.2 Å². The summed E-state index contributed by atoms with van der Waals surface area (Å²) < 4.78 is 5.87. The number of hydrogen-bond donors (Lipinski definition) is 0. The summed E-state index contributed by atoms with van der Waals surface area (Å²) >= 11 is 0. The van der Waals surface area contributed by atoms with Gasteiger partial charge in [0.15, 0.2) is 0 Å². The molecule has 29 heavy (non-hydrogen) atoms. The number of amides is 1. The Balaban J connectivity index is 1.63. The first-order valence-corrected chi connectivity index (χ1v) is 10.9. The fourth-order valence-electron chi connectivity index (χ4n) is 3.99. The van der Waals surface area contributed by atoms with Crippen molar-refractivity contribution < 1.29 is 9.53 Å². The Bertz CT molecular complexity index is 756. The molecule has 2 aromatic carbocycles. The van der Waals surface area contributed by atoms with Crippen molar-refractivity contribution in [2.45, 2.75) is 51.8 Å². The van der Waals surface area contributed by atoms with Gasteiger partial charge in [0.1, 0.15) is 0 Å². The van der Waals surface area contributed by atoms with Crippen molar-refractivity contribution in [2.24, 2.45) is 0 Å². The topological polar surface area (TPSA) is 32.8 Å². The van der Waals surface area contributed by atoms with Crippen LogP contribution in [0, 0.1) is 0 Å². The maximum Gasteiger partial charge on any atom is 0.253 e. The van der Waals surface area contributed by atoms with E-state index in [-0.39, 0.29) is 12.0 Å². The molecule has 0 spiro atoms. The van der Waals surface area contributed by atoms with Crippen molar-refractivity contribution in [1.29, 1.82) is 0 Å². The molecule has 0 aromatic heterocycles. The molecular formula is C25H34N2O2. The molecule has 0 saturated carbocycles. The molecule has 0 radical (unpaired) electrons. The zero-order valence-corrected chi connectivity index (χ0v) is 17.8. The van der Waals surface area contributed by atoms with Crippen LogP contribution in [0.1, 0.15) is 54.1 Å². The largest absolute Gasteiger partial charge is 0.376 e. The molecule has 2 aromatic rings. The zero-order valence-electron chi connectivity index (χ0n) is 17.8. The Morgan fingerprint density at radius 3 is 2.52 bits per heavy atom. The Kier molecular flexibility index (Phi) is 8.26. The van der Waals surface area contributed by atoms with Crippen molar-refractivity contribution in [3.63, 3.8) is 0 Å². The van der Waals surface area contributed by atoms with Gasteiger partial charge in [-0.2, -0.15) is 0 Å². The minimum atomic E-state index is 0.119. The highest BCUT2D eigenvalue weighted by Gasteiger charge is 2.22. The van der Waals surface area contributed by atoms with Crippen molar-refractivity contribution in [2.75, 3.05) is 26.7 Å². The van der Waals surface area contributed by atoms with Gasteiger partial charge < -0.3 is 9.64 Å². The summed E-state index contributed by atoms with van der Waals surface area (Å²) in [5, 5.41) is 0. The molecule has 3 rings (SSSR count). The third kappa shape index (κ3) is 6.69. The number of benzene rings is 2. The number of carbonyl (C=O) groups excluding carboxylic acids is 1. The number of hydrogen-bond acceptors (Lipinski definition) is 3. The summed E-state index contributed by atoms with van der Waals surface area (Å²) in [4.78, 5) is 17.4. The van der Waals surface area contributed by atoms with Gasteiger partial charge in [0.25, 0.3) is 5.91 Å². The van der Waals surface area contributed by atoms with E-state index in [9.17, 15) is 4.79 Å². The summed E-state index contributed by atoms with van der Waals surface area (Å²) in [5.41, 5.74) is 3.24. The minimum Gasteiger partial charge on any atom is -0.376 e. The fraction of sp³-hybridized carbons (Fsp3) is 0.480. The highest BCUT2D eigenvalue weighted by molar-refractivity contribution is 5.94. The molecule has 1 fully saturated rings. The van der Waals surface area contributed by atoms with Gasteiger partial charge in [0, 0.05) is 38.3 Å². The first-order chi connectivity index (χ1) is 14.2. The van der Waals surface area contributed by atoms with Gasteiger partial charge in [-0.05, 0) is 56.0 Å². The molecule has 4 heteroatoms. The number of rotatable bonds is 9. The Labute approximate surface area is 175 Å². The molecule has 1 aliphatic rings. The summed E-state index contributed by atoms with van der Waals surface area (Å²) in [7, 11) is 2.12. The number of carbonyl (C=O) groups is 1. The third-order valence-corrected chi connectivity index (χ3v) is 5.40. The van der Waals surface area contributed by atoms with Crippen LogP contribution in [0.3, 0.4) is 0 Å². The summed E-state index contributed by atoms with van der Waals surface area (Å²) in [6, 6.07) is 18.6. The lowest BCUT2D eigenvalue weighted by Gasteiger charge is -2.30. The second-order valence-electron chi connectivity index (χ2n) is 8.10. The van der Waals surface area contributed by atoms with Crippen molar-refractivity contribution in [3.8, 4) is 0 Å². The Morgan fingerprint density at radius 1 is 1.03 bits per heavy atom. The molecule has 156 valence electrons. The quantitative estimate of drug-likeness (QED) is 0.616. The van der Waals surface area contributed by atoms with Gasteiger partial charge in [0.2, 0.25) is 0 Å². The van der Waals surface area contributed by atoms with E-state index in [4.69, 9.17) is 4.74 Å². The monoisotopic (exact) mass is 394 g/mol. The lowest BCUT2D eigenvalue weighted by atomic mass is 10.1. The van der Waals surface area contributed by atoms with Gasteiger partial charge in [-0.25, -0.2) is 0 Å². The molecule has 1 saturated heterocycles. The normalized spacial score (nSPS) is 16.7. The van der Waals surface area contributed by atoms with Crippen LogP contribution in [-0.2, 0) is 17.8 Å². The van der Waals surface area contributed by atoms with Crippen molar-refractivity contribution in [3.05, 3.63) is 71.3 Å². The lowest BCUT2D eigenvalue weighted by molar-refractivity contribution is -0.00384. The number of ether oxygens (including phenoxy) is 1. The van der Waals surface area contributed by atoms with Crippen LogP contribution in [0.15, 0.2) is 54.6 Å². The Hall–Kier alpha value is -2.17. The van der Waals surface area contributed by atoms with Crippen LogP contribution >= 0.6 is 0 Å². The highest BCUT2D eigenvalue weighted by Crippen LogP contribution is 2.17. The maximum absolute atomic E-state index is 13.2. The minimum absolute atomic E-state index is 0.119. The summed E-state index contributed by atoms with van der Waals surface area (Å²) in [5.74, 6) is 0.119.